The molecule has 1 aromatic carbocycles. The molecular formula is C12H9N9O4. The van der Waals surface area contributed by atoms with Crippen LogP contribution in [0.4, 0.5) is 5.69 Å². The van der Waals surface area contributed by atoms with Crippen LogP contribution in [0.2, 0.25) is 0 Å². The molecule has 0 fully saturated rings. The molecule has 25 heavy (non-hydrogen) atoms. The fraction of sp³-hybridized carbons (Fsp3) is 0. The molecule has 0 unspecified atom stereocenters. The lowest BCUT2D eigenvalue weighted by molar-refractivity contribution is -0.384. The number of amides is 2. The van der Waals surface area contributed by atoms with Crippen LogP contribution in [0.25, 0.3) is 0 Å². The normalized spacial score (nSPS) is 10.2. The lowest BCUT2D eigenvalue weighted by atomic mass is 10.1. The third kappa shape index (κ3) is 3.61. The SMILES string of the molecule is O=C(Nn1cnnc1)c1cc(C(=O)Nn2cnnc2)cc([N+](=O)[O-])c1. The number of benzene rings is 1. The minimum atomic E-state index is -0.703. The number of carbonyl (C=O) groups is 2. The number of hydrogen-bond donors (Lipinski definition) is 2. The summed E-state index contributed by atoms with van der Waals surface area (Å²) < 4.78 is 2.33. The zero-order valence-electron chi connectivity index (χ0n) is 12.3. The van der Waals surface area contributed by atoms with Crippen LogP contribution >= 0.6 is 0 Å². The molecule has 13 nitrogen and oxygen atoms in total. The number of hydrogen-bond acceptors (Lipinski definition) is 8. The van der Waals surface area contributed by atoms with Gasteiger partial charge in [0.05, 0.1) is 4.92 Å². The van der Waals surface area contributed by atoms with Crippen LogP contribution in [0.5, 0.6) is 0 Å². The number of nitrogens with one attached hydrogen (secondary N) is 2. The highest BCUT2D eigenvalue weighted by molar-refractivity contribution is 6.05. The molecule has 2 N–H and O–H groups in total. The molecule has 0 saturated heterocycles. The Bertz CT molecular complexity index is 854. The van der Waals surface area contributed by atoms with E-state index < -0.39 is 22.4 Å². The molecule has 0 aliphatic rings. The van der Waals surface area contributed by atoms with Gasteiger partial charge < -0.3 is 0 Å². The molecule has 0 saturated carbocycles. The van der Waals surface area contributed by atoms with Gasteiger partial charge in [0.25, 0.3) is 17.5 Å². The quantitative estimate of drug-likeness (QED) is 0.464. The predicted molar refractivity (Wildman–Crippen MR) is 80.5 cm³/mol. The molecule has 3 rings (SSSR count). The van der Waals surface area contributed by atoms with Gasteiger partial charge >= 0.3 is 0 Å². The summed E-state index contributed by atoms with van der Waals surface area (Å²) in [6.45, 7) is 0. The van der Waals surface area contributed by atoms with Crippen molar-refractivity contribution < 1.29 is 14.5 Å². The number of aromatic nitrogens is 6. The Morgan fingerprint density at radius 1 is 0.840 bits per heavy atom. The van der Waals surface area contributed by atoms with Crippen LogP contribution < -0.4 is 10.9 Å². The number of nitro benzene ring substituents is 1. The van der Waals surface area contributed by atoms with E-state index in [2.05, 4.69) is 31.2 Å². The maximum atomic E-state index is 12.2. The molecule has 0 bridgehead atoms. The Balaban J connectivity index is 1.90. The van der Waals surface area contributed by atoms with Crippen molar-refractivity contribution in [3.05, 3.63) is 64.7 Å². The van der Waals surface area contributed by atoms with E-state index in [1.807, 2.05) is 0 Å². The van der Waals surface area contributed by atoms with Crippen LogP contribution in [-0.4, -0.2) is 46.5 Å². The van der Waals surface area contributed by atoms with E-state index in [4.69, 9.17) is 0 Å². The Hall–Kier alpha value is -4.16. The van der Waals surface area contributed by atoms with E-state index in [1.165, 1.54) is 31.4 Å². The minimum absolute atomic E-state index is 0.0863. The van der Waals surface area contributed by atoms with Crippen LogP contribution in [0.1, 0.15) is 20.7 Å². The summed E-state index contributed by atoms with van der Waals surface area (Å²) >= 11 is 0. The fourth-order valence-corrected chi connectivity index (χ4v) is 1.86. The first-order valence-corrected chi connectivity index (χ1v) is 6.64. The largest absolute Gasteiger partial charge is 0.271 e. The molecule has 0 spiro atoms. The zero-order chi connectivity index (χ0) is 17.8. The van der Waals surface area contributed by atoms with Crippen molar-refractivity contribution in [2.24, 2.45) is 0 Å². The predicted octanol–water partition coefficient (Wildman–Crippen LogP) is -0.454. The molecule has 13 heteroatoms. The molecule has 0 radical (unpaired) electrons. The molecule has 2 heterocycles. The van der Waals surface area contributed by atoms with Crippen molar-refractivity contribution in [2.75, 3.05) is 10.9 Å². The maximum absolute atomic E-state index is 12.2. The van der Waals surface area contributed by atoms with Gasteiger partial charge in [-0.05, 0) is 6.07 Å². The lowest BCUT2D eigenvalue weighted by Gasteiger charge is -2.08. The fourth-order valence-electron chi connectivity index (χ4n) is 1.86. The molecule has 0 aliphatic heterocycles. The van der Waals surface area contributed by atoms with Gasteiger partial charge in [-0.25, -0.2) is 9.35 Å². The molecule has 0 atom stereocenters. The lowest BCUT2D eigenvalue weighted by Crippen LogP contribution is -2.24. The second-order valence-corrected chi connectivity index (χ2v) is 4.65. The molecule has 3 aromatic rings. The first-order chi connectivity index (χ1) is 12.0. The second kappa shape index (κ2) is 6.53. The first-order valence-electron chi connectivity index (χ1n) is 6.64. The van der Waals surface area contributed by atoms with Gasteiger partial charge in [0.2, 0.25) is 0 Å². The van der Waals surface area contributed by atoms with E-state index in [-0.39, 0.29) is 11.1 Å². The topological polar surface area (TPSA) is 163 Å². The molecular weight excluding hydrogens is 334 g/mol. The molecule has 2 aromatic heterocycles. The average molecular weight is 343 g/mol. The van der Waals surface area contributed by atoms with Crippen molar-refractivity contribution in [1.29, 1.82) is 0 Å². The van der Waals surface area contributed by atoms with Crippen molar-refractivity contribution in [3.63, 3.8) is 0 Å². The maximum Gasteiger partial charge on any atom is 0.271 e. The summed E-state index contributed by atoms with van der Waals surface area (Å²) in [6.07, 6.45) is 4.92. The summed E-state index contributed by atoms with van der Waals surface area (Å²) in [5, 5.41) is 25.1. The summed E-state index contributed by atoms with van der Waals surface area (Å²) in [5.41, 5.74) is 4.19. The summed E-state index contributed by atoms with van der Waals surface area (Å²) in [4.78, 5) is 34.8. The van der Waals surface area contributed by atoms with E-state index in [9.17, 15) is 19.7 Å². The molecule has 2 amide bonds. The van der Waals surface area contributed by atoms with Crippen molar-refractivity contribution >= 4 is 17.5 Å². The van der Waals surface area contributed by atoms with Crippen LogP contribution in [0.3, 0.4) is 0 Å². The monoisotopic (exact) mass is 343 g/mol. The minimum Gasteiger partial charge on any atom is -0.267 e. The highest BCUT2D eigenvalue weighted by Gasteiger charge is 2.18. The van der Waals surface area contributed by atoms with Gasteiger partial charge in [-0.2, -0.15) is 0 Å². The Morgan fingerprint density at radius 3 is 1.60 bits per heavy atom. The Labute approximate surface area is 138 Å². The van der Waals surface area contributed by atoms with Gasteiger partial charge in [-0.15, -0.1) is 20.4 Å². The highest BCUT2D eigenvalue weighted by Crippen LogP contribution is 2.18. The third-order valence-corrected chi connectivity index (χ3v) is 2.95. The summed E-state index contributed by atoms with van der Waals surface area (Å²) in [7, 11) is 0. The van der Waals surface area contributed by atoms with E-state index in [0.717, 1.165) is 21.5 Å². The van der Waals surface area contributed by atoms with Gasteiger partial charge in [0.15, 0.2) is 0 Å². The number of carbonyl (C=O) groups excluding carboxylic acids is 2. The van der Waals surface area contributed by atoms with Crippen molar-refractivity contribution in [1.82, 2.24) is 29.7 Å². The number of nitrogens with zero attached hydrogens (tertiary/aromatic N) is 7. The summed E-state index contributed by atoms with van der Waals surface area (Å²) in [5.74, 6) is -1.36. The van der Waals surface area contributed by atoms with Crippen molar-refractivity contribution in [3.8, 4) is 0 Å². The second-order valence-electron chi connectivity index (χ2n) is 4.65. The number of non-ortho nitro benzene ring substituents is 1. The standard InChI is InChI=1S/C12H9N9O4/c22-11(17-19-4-13-14-5-19)8-1-9(3-10(2-8)21(24)25)12(23)18-20-6-15-16-7-20/h1-7H,(H,17,22)(H,18,23). The number of nitro groups is 1. The van der Waals surface area contributed by atoms with Gasteiger partial charge in [-0.1, -0.05) is 0 Å². The van der Waals surface area contributed by atoms with Gasteiger partial charge in [-0.3, -0.25) is 30.6 Å². The van der Waals surface area contributed by atoms with E-state index in [1.54, 1.807) is 0 Å². The molecule has 0 aliphatic carbocycles. The zero-order valence-corrected chi connectivity index (χ0v) is 12.3. The van der Waals surface area contributed by atoms with Crippen molar-refractivity contribution in [2.45, 2.75) is 0 Å². The summed E-state index contributed by atoms with van der Waals surface area (Å²) in [6, 6.07) is 3.32. The Morgan fingerprint density at radius 2 is 1.24 bits per heavy atom. The molecule has 126 valence electrons. The van der Waals surface area contributed by atoms with Crippen LogP contribution in [0.15, 0.2) is 43.5 Å². The average Bonchev–Trinajstić information content (AvgIpc) is 3.28. The van der Waals surface area contributed by atoms with Gasteiger partial charge in [0, 0.05) is 23.3 Å². The third-order valence-electron chi connectivity index (χ3n) is 2.95. The van der Waals surface area contributed by atoms with Crippen LogP contribution in [-0.2, 0) is 0 Å². The van der Waals surface area contributed by atoms with E-state index >= 15 is 0 Å². The first kappa shape index (κ1) is 15.7. The van der Waals surface area contributed by atoms with Gasteiger partial charge in [0.1, 0.15) is 25.3 Å². The van der Waals surface area contributed by atoms with E-state index in [0.29, 0.717) is 0 Å². The number of rotatable bonds is 5. The smallest absolute Gasteiger partial charge is 0.267 e. The highest BCUT2D eigenvalue weighted by atomic mass is 16.6. The Kier molecular flexibility index (Phi) is 4.11. The van der Waals surface area contributed by atoms with Crippen LogP contribution in [0, 0.1) is 10.1 Å².